The number of nitrogens with one attached hydrogen (secondary N) is 1. The predicted octanol–water partition coefficient (Wildman–Crippen LogP) is 5.96. The van der Waals surface area contributed by atoms with Crippen molar-refractivity contribution in [3.63, 3.8) is 0 Å². The van der Waals surface area contributed by atoms with Crippen LogP contribution in [0.3, 0.4) is 0 Å². The first-order valence-corrected chi connectivity index (χ1v) is 12.9. The number of methoxy groups -OCH3 is 1. The molecule has 1 saturated carbocycles. The number of hydrogen-bond acceptors (Lipinski definition) is 9. The molecule has 4 aromatic rings. The fourth-order valence-corrected chi connectivity index (χ4v) is 5.40. The number of benzene rings is 1. The topological polar surface area (TPSA) is 104 Å². The van der Waals surface area contributed by atoms with Gasteiger partial charge in [0.05, 0.1) is 25.0 Å². The third kappa shape index (κ3) is 5.37. The Bertz CT molecular complexity index is 1270. The van der Waals surface area contributed by atoms with E-state index < -0.39 is 0 Å². The fraction of sp³-hybridized carbons (Fsp3) is 0.440. The minimum absolute atomic E-state index is 0.401. The third-order valence-electron chi connectivity index (χ3n) is 6.26. The number of hydrogen-bond donors (Lipinski definition) is 1. The Balaban J connectivity index is 1.32. The first kappa shape index (κ1) is 23.5. The zero-order chi connectivity index (χ0) is 24.2. The van der Waals surface area contributed by atoms with Crippen LogP contribution >= 0.6 is 11.8 Å². The van der Waals surface area contributed by atoms with Crippen LogP contribution in [0.5, 0.6) is 5.75 Å². The second kappa shape index (κ2) is 10.6. The van der Waals surface area contributed by atoms with Crippen molar-refractivity contribution in [3.8, 4) is 17.2 Å². The molecular formula is C25H30N6O3S. The van der Waals surface area contributed by atoms with Crippen molar-refractivity contribution in [2.45, 2.75) is 69.4 Å². The van der Waals surface area contributed by atoms with E-state index in [1.807, 2.05) is 44.2 Å². The van der Waals surface area contributed by atoms with Gasteiger partial charge in [0.15, 0.2) is 11.0 Å². The van der Waals surface area contributed by atoms with Crippen molar-refractivity contribution in [1.29, 1.82) is 0 Å². The Morgan fingerprint density at radius 2 is 1.91 bits per heavy atom. The summed E-state index contributed by atoms with van der Waals surface area (Å²) in [6.07, 6.45) is 6.03. The predicted molar refractivity (Wildman–Crippen MR) is 133 cm³/mol. The smallest absolute Gasteiger partial charge is 0.251 e. The summed E-state index contributed by atoms with van der Waals surface area (Å²) in [6.45, 7) is 4.39. The number of aryl methyl sites for hydroxylation is 2. The van der Waals surface area contributed by atoms with E-state index in [2.05, 4.69) is 30.3 Å². The molecule has 3 aromatic heterocycles. The van der Waals surface area contributed by atoms with Crippen LogP contribution in [0.1, 0.15) is 61.4 Å². The normalized spacial score (nSPS) is 14.4. The number of ether oxygens (including phenoxy) is 1. The lowest BCUT2D eigenvalue weighted by Crippen LogP contribution is -2.18. The Hall–Kier alpha value is -3.27. The highest BCUT2D eigenvalue weighted by molar-refractivity contribution is 7.98. The summed E-state index contributed by atoms with van der Waals surface area (Å²) in [5.41, 5.74) is 1.82. The summed E-state index contributed by atoms with van der Waals surface area (Å²) in [6, 6.07) is 10.2. The average Bonchev–Trinajstić information content (AvgIpc) is 3.60. The maximum absolute atomic E-state index is 5.92. The van der Waals surface area contributed by atoms with Gasteiger partial charge in [-0.15, -0.1) is 20.4 Å². The Morgan fingerprint density at radius 3 is 2.69 bits per heavy atom. The highest BCUT2D eigenvalue weighted by Crippen LogP contribution is 2.34. The van der Waals surface area contributed by atoms with Gasteiger partial charge in [-0.3, -0.25) is 0 Å². The minimum atomic E-state index is 0.401. The molecular weight excluding hydrogens is 464 g/mol. The van der Waals surface area contributed by atoms with Crippen LogP contribution in [0, 0.1) is 13.8 Å². The molecule has 35 heavy (non-hydrogen) atoms. The van der Waals surface area contributed by atoms with Gasteiger partial charge < -0.3 is 23.5 Å². The van der Waals surface area contributed by atoms with E-state index in [1.165, 1.54) is 19.3 Å². The maximum Gasteiger partial charge on any atom is 0.251 e. The molecule has 1 aliphatic rings. The number of furan rings is 1. The maximum atomic E-state index is 5.92. The zero-order valence-electron chi connectivity index (χ0n) is 20.3. The molecule has 184 valence electrons. The zero-order valence-corrected chi connectivity index (χ0v) is 21.1. The van der Waals surface area contributed by atoms with Crippen molar-refractivity contribution in [3.05, 3.63) is 53.6 Å². The number of aromatic nitrogens is 5. The molecule has 9 nitrogen and oxygen atoms in total. The van der Waals surface area contributed by atoms with Crippen molar-refractivity contribution in [2.24, 2.45) is 0 Å². The summed E-state index contributed by atoms with van der Waals surface area (Å²) < 4.78 is 19.2. The van der Waals surface area contributed by atoms with E-state index in [0.717, 1.165) is 52.3 Å². The SMILES string of the molecule is COc1cccc(NCc2nnc(SCc3nnc(-c4cc(C)oc4C)o3)n2C2CCCCC2)c1. The molecule has 1 aliphatic carbocycles. The highest BCUT2D eigenvalue weighted by atomic mass is 32.2. The Morgan fingerprint density at radius 1 is 1.06 bits per heavy atom. The van der Waals surface area contributed by atoms with Crippen molar-refractivity contribution in [1.82, 2.24) is 25.0 Å². The summed E-state index contributed by atoms with van der Waals surface area (Å²) in [5.74, 6) is 4.90. The van der Waals surface area contributed by atoms with Crippen LogP contribution in [0.15, 0.2) is 44.3 Å². The molecule has 1 fully saturated rings. The molecule has 0 spiro atoms. The fourth-order valence-electron chi connectivity index (χ4n) is 4.54. The summed E-state index contributed by atoms with van der Waals surface area (Å²) in [4.78, 5) is 0. The van der Waals surface area contributed by atoms with Gasteiger partial charge in [-0.1, -0.05) is 37.1 Å². The first-order chi connectivity index (χ1) is 17.1. The molecule has 0 radical (unpaired) electrons. The van der Waals surface area contributed by atoms with Crippen LogP contribution < -0.4 is 10.1 Å². The van der Waals surface area contributed by atoms with Crippen LogP contribution in [0.4, 0.5) is 5.69 Å². The van der Waals surface area contributed by atoms with Crippen LogP contribution in [-0.2, 0) is 12.3 Å². The van der Waals surface area contributed by atoms with E-state index in [9.17, 15) is 0 Å². The molecule has 5 rings (SSSR count). The van der Waals surface area contributed by atoms with Crippen molar-refractivity contribution in [2.75, 3.05) is 12.4 Å². The van der Waals surface area contributed by atoms with Crippen LogP contribution in [0.2, 0.25) is 0 Å². The second-order valence-electron chi connectivity index (χ2n) is 8.76. The van der Waals surface area contributed by atoms with Crippen molar-refractivity contribution < 1.29 is 13.6 Å². The molecule has 1 aromatic carbocycles. The van der Waals surface area contributed by atoms with E-state index in [4.69, 9.17) is 13.6 Å². The number of thioether (sulfide) groups is 1. The third-order valence-corrected chi connectivity index (χ3v) is 7.19. The molecule has 0 bridgehead atoms. The second-order valence-corrected chi connectivity index (χ2v) is 9.71. The van der Waals surface area contributed by atoms with Gasteiger partial charge in [0.1, 0.15) is 17.3 Å². The van der Waals surface area contributed by atoms with Gasteiger partial charge >= 0.3 is 0 Å². The number of anilines is 1. The largest absolute Gasteiger partial charge is 0.497 e. The summed E-state index contributed by atoms with van der Waals surface area (Å²) >= 11 is 1.58. The lowest BCUT2D eigenvalue weighted by atomic mass is 9.95. The molecule has 0 saturated heterocycles. The molecule has 0 unspecified atom stereocenters. The van der Waals surface area contributed by atoms with Gasteiger partial charge in [-0.05, 0) is 44.9 Å². The standard InChI is InChI=1S/C25H30N6O3S/c1-16-12-21(17(2)33-16)24-29-28-23(34-24)15-35-25-30-27-22(31(25)19-9-5-4-6-10-19)14-26-18-8-7-11-20(13-18)32-3/h7-8,11-13,19,26H,4-6,9-10,14-15H2,1-3H3. The number of nitrogens with zero attached hydrogens (tertiary/aromatic N) is 5. The number of rotatable bonds is 9. The molecule has 0 aliphatic heterocycles. The lowest BCUT2D eigenvalue weighted by molar-refractivity contribution is 0.330. The monoisotopic (exact) mass is 494 g/mol. The van der Waals surface area contributed by atoms with Crippen LogP contribution in [-0.4, -0.2) is 32.1 Å². The quantitative estimate of drug-likeness (QED) is 0.282. The average molecular weight is 495 g/mol. The van der Waals surface area contributed by atoms with Gasteiger partial charge in [0, 0.05) is 17.8 Å². The Kier molecular flexibility index (Phi) is 7.08. The van der Waals surface area contributed by atoms with E-state index in [1.54, 1.807) is 18.9 Å². The molecule has 0 amide bonds. The van der Waals surface area contributed by atoms with Gasteiger partial charge in [0.2, 0.25) is 5.89 Å². The van der Waals surface area contributed by atoms with E-state index in [0.29, 0.717) is 30.1 Å². The van der Waals surface area contributed by atoms with E-state index in [-0.39, 0.29) is 0 Å². The van der Waals surface area contributed by atoms with Gasteiger partial charge in [-0.25, -0.2) is 0 Å². The van der Waals surface area contributed by atoms with Crippen molar-refractivity contribution >= 4 is 17.4 Å². The lowest BCUT2D eigenvalue weighted by Gasteiger charge is -2.25. The molecule has 0 atom stereocenters. The first-order valence-electron chi connectivity index (χ1n) is 11.9. The molecule has 1 N–H and O–H groups in total. The summed E-state index contributed by atoms with van der Waals surface area (Å²) in [5, 5.41) is 21.9. The van der Waals surface area contributed by atoms with Crippen LogP contribution in [0.25, 0.3) is 11.5 Å². The summed E-state index contributed by atoms with van der Waals surface area (Å²) in [7, 11) is 1.67. The van der Waals surface area contributed by atoms with Gasteiger partial charge in [-0.2, -0.15) is 0 Å². The molecule has 10 heteroatoms. The minimum Gasteiger partial charge on any atom is -0.497 e. The van der Waals surface area contributed by atoms with Gasteiger partial charge in [0.25, 0.3) is 5.89 Å². The van der Waals surface area contributed by atoms with E-state index >= 15 is 0 Å². The Labute approximate surface area is 208 Å². The highest BCUT2D eigenvalue weighted by Gasteiger charge is 2.24. The molecule has 3 heterocycles.